The molecule has 0 radical (unpaired) electrons. The number of fused-ring (bicyclic) bond motifs is 1. The average molecular weight is 806 g/mol. The molecule has 294 valence electrons. The van der Waals surface area contributed by atoms with Crippen LogP contribution < -0.4 is 15.4 Å². The molecule has 0 spiro atoms. The molecule has 56 heavy (non-hydrogen) atoms. The minimum absolute atomic E-state index is 0.00696. The molecule has 2 heterocycles. The molecule has 13 nitrogen and oxygen atoms in total. The van der Waals surface area contributed by atoms with Crippen molar-refractivity contribution in [2.24, 2.45) is 11.1 Å². The summed E-state index contributed by atoms with van der Waals surface area (Å²) in [5.41, 5.74) is -1.79. The Balaban J connectivity index is 1.38. The zero-order valence-electron chi connectivity index (χ0n) is 31.5. The van der Waals surface area contributed by atoms with Crippen molar-refractivity contribution < 1.29 is 43.0 Å². The van der Waals surface area contributed by atoms with Gasteiger partial charge in [0.25, 0.3) is 17.4 Å². The van der Waals surface area contributed by atoms with Crippen LogP contribution in [0.3, 0.4) is 0 Å². The Morgan fingerprint density at radius 3 is 2.23 bits per heavy atom. The summed E-state index contributed by atoms with van der Waals surface area (Å²) in [4.78, 5) is 77.9. The number of halogens is 2. The number of pyridine rings is 1. The second-order valence-corrected chi connectivity index (χ2v) is 15.3. The number of esters is 2. The van der Waals surface area contributed by atoms with Gasteiger partial charge in [-0.3, -0.25) is 19.2 Å². The van der Waals surface area contributed by atoms with Crippen LogP contribution in [0.2, 0.25) is 10.0 Å². The zero-order valence-corrected chi connectivity index (χ0v) is 33.0. The Morgan fingerprint density at radius 1 is 0.875 bits per heavy atom. The minimum Gasteiger partial charge on any atom is -0.489 e. The van der Waals surface area contributed by atoms with Gasteiger partial charge in [0.1, 0.15) is 29.7 Å². The molecular formula is C41H42Cl2N4O9. The maximum Gasteiger partial charge on any atom is 0.341 e. The summed E-state index contributed by atoms with van der Waals surface area (Å²) in [5, 5.41) is 10.8. The van der Waals surface area contributed by atoms with Gasteiger partial charge in [-0.15, -0.1) is 0 Å². The molecule has 15 heteroatoms. The van der Waals surface area contributed by atoms with Crippen molar-refractivity contribution in [1.82, 2.24) is 15.6 Å². The molecule has 1 aromatic heterocycles. The number of oxime groups is 1. The lowest BCUT2D eigenvalue weighted by Gasteiger charge is -2.29. The minimum atomic E-state index is -1.88. The van der Waals surface area contributed by atoms with E-state index < -0.39 is 65.8 Å². The highest BCUT2D eigenvalue weighted by Gasteiger charge is 2.51. The molecule has 4 aromatic rings. The fourth-order valence-corrected chi connectivity index (χ4v) is 6.33. The molecule has 1 aliphatic rings. The first-order valence-electron chi connectivity index (χ1n) is 17.8. The van der Waals surface area contributed by atoms with E-state index in [1.54, 1.807) is 69.3 Å². The lowest BCUT2D eigenvalue weighted by Crippen LogP contribution is -2.57. The molecule has 0 saturated heterocycles. The predicted molar refractivity (Wildman–Crippen MR) is 210 cm³/mol. The SMILES string of the molecule is CC(C)[C@H](NC(=O)c1ccc2ccccc2n1)C1=NOC(COc2ccccc2)(C(=O)N[C@@H](CC(=O)OC(C)(C)C)C(=O)COC(=O)c2c(Cl)cccc2Cl)C1. The summed E-state index contributed by atoms with van der Waals surface area (Å²) >= 11 is 12.3. The quantitative estimate of drug-likeness (QED) is 0.126. The van der Waals surface area contributed by atoms with Crippen LogP contribution in [0.15, 0.2) is 90.1 Å². The van der Waals surface area contributed by atoms with Gasteiger partial charge in [0.05, 0.1) is 39.3 Å². The van der Waals surface area contributed by atoms with Crippen molar-refractivity contribution in [2.75, 3.05) is 13.2 Å². The van der Waals surface area contributed by atoms with E-state index in [0.29, 0.717) is 17.0 Å². The number of rotatable bonds is 15. The lowest BCUT2D eigenvalue weighted by atomic mass is 9.89. The molecule has 2 N–H and O–H groups in total. The Bertz CT molecular complexity index is 2120. The average Bonchev–Trinajstić information content (AvgIpc) is 3.59. The molecule has 1 unspecified atom stereocenters. The molecule has 0 aliphatic carbocycles. The van der Waals surface area contributed by atoms with Crippen LogP contribution >= 0.6 is 23.2 Å². The van der Waals surface area contributed by atoms with Gasteiger partial charge in [-0.25, -0.2) is 9.78 Å². The van der Waals surface area contributed by atoms with E-state index in [1.807, 2.05) is 32.0 Å². The van der Waals surface area contributed by atoms with E-state index >= 15 is 0 Å². The standard InChI is InChI=1S/C41H42Cl2N4O9/c1-24(2)36(46-37(50)30-19-18-25-12-9-10-17-29(25)44-30)32-21-41(56-47-32,23-54-26-13-7-6-8-14-26)39(52)45-31(20-34(49)55-40(3,4)5)33(48)22-53-38(51)35-27(42)15-11-16-28(35)43/h6-19,24,31,36H,20-23H2,1-5H3,(H,45,52)(H,46,50)/t31-,36-,41?/m0/s1. The molecule has 1 aliphatic heterocycles. The number of ketones is 1. The Labute approximate surface area is 334 Å². The number of aromatic nitrogens is 1. The second-order valence-electron chi connectivity index (χ2n) is 14.5. The van der Waals surface area contributed by atoms with Gasteiger partial charge in [0.15, 0.2) is 12.4 Å². The van der Waals surface area contributed by atoms with Crippen LogP contribution in [0.25, 0.3) is 10.9 Å². The number of nitrogens with zero attached hydrogens (tertiary/aromatic N) is 2. The van der Waals surface area contributed by atoms with Crippen molar-refractivity contribution in [1.29, 1.82) is 0 Å². The topological polar surface area (TPSA) is 172 Å². The summed E-state index contributed by atoms with van der Waals surface area (Å²) in [7, 11) is 0. The van der Waals surface area contributed by atoms with E-state index in [2.05, 4.69) is 20.8 Å². The van der Waals surface area contributed by atoms with Crippen LogP contribution in [-0.2, 0) is 28.7 Å². The van der Waals surface area contributed by atoms with Gasteiger partial charge in [-0.2, -0.15) is 0 Å². The predicted octanol–water partition coefficient (Wildman–Crippen LogP) is 6.53. The van der Waals surface area contributed by atoms with Crippen LogP contribution in [0.4, 0.5) is 0 Å². The highest BCUT2D eigenvalue weighted by molar-refractivity contribution is 6.39. The Kier molecular flexibility index (Phi) is 13.3. The van der Waals surface area contributed by atoms with Crippen molar-refractivity contribution in [2.45, 2.75) is 70.7 Å². The third-order valence-electron chi connectivity index (χ3n) is 8.57. The monoisotopic (exact) mass is 804 g/mol. The highest BCUT2D eigenvalue weighted by Crippen LogP contribution is 2.30. The van der Waals surface area contributed by atoms with E-state index in [-0.39, 0.29) is 40.2 Å². The summed E-state index contributed by atoms with van der Waals surface area (Å²) in [6.45, 7) is 7.45. The second kappa shape index (κ2) is 17.9. The first-order chi connectivity index (χ1) is 26.5. The number of nitrogens with one attached hydrogen (secondary N) is 2. The van der Waals surface area contributed by atoms with E-state index in [4.69, 9.17) is 42.3 Å². The fraction of sp³-hybridized carbons (Fsp3) is 0.341. The first-order valence-corrected chi connectivity index (χ1v) is 18.6. The molecule has 0 bridgehead atoms. The molecule has 3 atom stereocenters. The van der Waals surface area contributed by atoms with Gasteiger partial charge >= 0.3 is 11.9 Å². The summed E-state index contributed by atoms with van der Waals surface area (Å²) in [6, 6.07) is 21.6. The number of carbonyl (C=O) groups excluding carboxylic acids is 5. The molecule has 5 rings (SSSR count). The smallest absolute Gasteiger partial charge is 0.341 e. The maximum absolute atomic E-state index is 14.4. The van der Waals surface area contributed by atoms with Crippen LogP contribution in [0.1, 0.15) is 68.3 Å². The summed E-state index contributed by atoms with van der Waals surface area (Å²) < 4.78 is 16.7. The highest BCUT2D eigenvalue weighted by atomic mass is 35.5. The molecule has 0 saturated carbocycles. The molecular weight excluding hydrogens is 763 g/mol. The molecule has 2 amide bonds. The zero-order chi connectivity index (χ0) is 40.6. The molecule has 3 aromatic carbocycles. The maximum atomic E-state index is 14.4. The van der Waals surface area contributed by atoms with E-state index in [1.165, 1.54) is 18.2 Å². The molecule has 0 fully saturated rings. The third-order valence-corrected chi connectivity index (χ3v) is 9.20. The van der Waals surface area contributed by atoms with Crippen LogP contribution in [0, 0.1) is 5.92 Å². The number of benzene rings is 3. The largest absolute Gasteiger partial charge is 0.489 e. The fourth-order valence-electron chi connectivity index (χ4n) is 5.78. The number of hydrogen-bond donors (Lipinski definition) is 2. The number of carbonyl (C=O) groups is 5. The number of para-hydroxylation sites is 2. The van der Waals surface area contributed by atoms with Crippen LogP contribution in [0.5, 0.6) is 5.75 Å². The van der Waals surface area contributed by atoms with Crippen molar-refractivity contribution in [3.8, 4) is 5.75 Å². The third kappa shape index (κ3) is 10.6. The lowest BCUT2D eigenvalue weighted by molar-refractivity contribution is -0.157. The van der Waals surface area contributed by atoms with Gasteiger partial charge in [0.2, 0.25) is 0 Å². The number of hydrogen-bond acceptors (Lipinski definition) is 11. The van der Waals surface area contributed by atoms with E-state index in [9.17, 15) is 24.0 Å². The van der Waals surface area contributed by atoms with Crippen LogP contribution in [-0.4, -0.2) is 76.7 Å². The van der Waals surface area contributed by atoms with Crippen molar-refractivity contribution in [3.63, 3.8) is 0 Å². The van der Waals surface area contributed by atoms with Crippen molar-refractivity contribution >= 4 is 69.4 Å². The van der Waals surface area contributed by atoms with Gasteiger partial charge < -0.3 is 29.7 Å². The van der Waals surface area contributed by atoms with Gasteiger partial charge in [-0.1, -0.05) is 90.7 Å². The van der Waals surface area contributed by atoms with E-state index in [0.717, 1.165) is 5.39 Å². The van der Waals surface area contributed by atoms with Gasteiger partial charge in [-0.05, 0) is 63.1 Å². The van der Waals surface area contributed by atoms with Gasteiger partial charge in [0, 0.05) is 11.8 Å². The van der Waals surface area contributed by atoms with Crippen molar-refractivity contribution in [3.05, 3.63) is 106 Å². The number of ether oxygens (including phenoxy) is 3. The normalized spacial score (nSPS) is 16.2. The summed E-state index contributed by atoms with van der Waals surface area (Å²) in [6.07, 6.45) is -0.785. The Morgan fingerprint density at radius 2 is 1.55 bits per heavy atom. The number of Topliss-reactive ketones (excluding diaryl/α,β-unsaturated/α-hetero) is 1. The Hall–Kier alpha value is -5.53. The first kappa shape index (κ1) is 41.6. The number of amides is 2. The summed E-state index contributed by atoms with van der Waals surface area (Å²) in [5.74, 6) is -3.76.